The average molecular weight is 227 g/mol. The fraction of sp³-hybridized carbons (Fsp3) is 0.909. The van der Waals surface area contributed by atoms with Gasteiger partial charge < -0.3 is 5.32 Å². The maximum Gasteiger partial charge on any atom is 0.205 e. The van der Waals surface area contributed by atoms with Crippen molar-refractivity contribution in [1.29, 1.82) is 0 Å². The fourth-order valence-corrected chi connectivity index (χ4v) is 1.59. The molecular weight excluding hydrogens is 202 g/mol. The predicted octanol–water partition coefficient (Wildman–Crippen LogP) is 0.288. The van der Waals surface area contributed by atoms with E-state index in [0.717, 1.165) is 25.6 Å². The number of guanidine groups is 1. The third-order valence-electron chi connectivity index (χ3n) is 3.01. The van der Waals surface area contributed by atoms with Gasteiger partial charge in [-0.05, 0) is 33.2 Å². The molecule has 0 saturated heterocycles. The lowest BCUT2D eigenvalue weighted by Crippen LogP contribution is -2.43. The molecule has 0 spiro atoms. The maximum atomic E-state index is 5.39. The van der Waals surface area contributed by atoms with Crippen molar-refractivity contribution >= 4 is 5.96 Å². The van der Waals surface area contributed by atoms with Crippen molar-refractivity contribution < 1.29 is 0 Å². The SMILES string of the molecule is CCCNC(=NCC(C)N(C)C1CC1)NN. The van der Waals surface area contributed by atoms with Crippen LogP contribution >= 0.6 is 0 Å². The Morgan fingerprint density at radius 2 is 2.25 bits per heavy atom. The molecule has 0 aliphatic heterocycles. The Labute approximate surface area is 98.4 Å². The lowest BCUT2D eigenvalue weighted by molar-refractivity contribution is 0.253. The minimum atomic E-state index is 0.472. The second-order valence-corrected chi connectivity index (χ2v) is 4.51. The molecule has 94 valence electrons. The van der Waals surface area contributed by atoms with Gasteiger partial charge in [-0.3, -0.25) is 15.3 Å². The van der Waals surface area contributed by atoms with Crippen molar-refractivity contribution in [2.75, 3.05) is 20.1 Å². The van der Waals surface area contributed by atoms with Crippen LogP contribution in [-0.4, -0.2) is 43.1 Å². The van der Waals surface area contributed by atoms with E-state index in [1.54, 1.807) is 0 Å². The number of nitrogens with one attached hydrogen (secondary N) is 2. The van der Waals surface area contributed by atoms with E-state index in [4.69, 9.17) is 5.84 Å². The van der Waals surface area contributed by atoms with Crippen LogP contribution in [0.1, 0.15) is 33.1 Å². The molecule has 0 aromatic carbocycles. The molecule has 1 fully saturated rings. The molecule has 5 heteroatoms. The number of likely N-dealkylation sites (N-methyl/N-ethyl adjacent to an activating group) is 1. The first-order valence-corrected chi connectivity index (χ1v) is 6.15. The second kappa shape index (κ2) is 6.70. The lowest BCUT2D eigenvalue weighted by Gasteiger charge is -2.23. The molecule has 0 bridgehead atoms. The van der Waals surface area contributed by atoms with Gasteiger partial charge in [0.2, 0.25) is 5.96 Å². The molecule has 0 amide bonds. The summed E-state index contributed by atoms with van der Waals surface area (Å²) in [6, 6.07) is 1.25. The molecule has 1 rings (SSSR count). The number of nitrogens with zero attached hydrogens (tertiary/aromatic N) is 2. The maximum absolute atomic E-state index is 5.39. The van der Waals surface area contributed by atoms with Crippen molar-refractivity contribution in [2.24, 2.45) is 10.8 Å². The smallest absolute Gasteiger partial charge is 0.205 e. The molecule has 0 aromatic heterocycles. The summed E-state index contributed by atoms with van der Waals surface area (Å²) in [5.41, 5.74) is 2.60. The molecule has 5 nitrogen and oxygen atoms in total. The quantitative estimate of drug-likeness (QED) is 0.264. The summed E-state index contributed by atoms with van der Waals surface area (Å²) in [5, 5.41) is 3.15. The zero-order valence-corrected chi connectivity index (χ0v) is 10.7. The van der Waals surface area contributed by atoms with E-state index in [0.29, 0.717) is 12.0 Å². The third kappa shape index (κ3) is 4.37. The topological polar surface area (TPSA) is 65.7 Å². The number of nitrogens with two attached hydrogens (primary N) is 1. The van der Waals surface area contributed by atoms with E-state index in [1.165, 1.54) is 12.8 Å². The monoisotopic (exact) mass is 227 g/mol. The van der Waals surface area contributed by atoms with Gasteiger partial charge in [-0.2, -0.15) is 0 Å². The van der Waals surface area contributed by atoms with Crippen molar-refractivity contribution in [1.82, 2.24) is 15.6 Å². The van der Waals surface area contributed by atoms with Crippen LogP contribution in [0.25, 0.3) is 0 Å². The van der Waals surface area contributed by atoms with E-state index >= 15 is 0 Å². The molecule has 0 radical (unpaired) electrons. The molecule has 0 aromatic rings. The highest BCUT2D eigenvalue weighted by molar-refractivity contribution is 5.79. The summed E-state index contributed by atoms with van der Waals surface area (Å²) in [6.07, 6.45) is 3.74. The highest BCUT2D eigenvalue weighted by Gasteiger charge is 2.28. The molecule has 4 N–H and O–H groups in total. The van der Waals surface area contributed by atoms with Gasteiger partial charge in [0.15, 0.2) is 0 Å². The zero-order chi connectivity index (χ0) is 12.0. The van der Waals surface area contributed by atoms with Crippen LogP contribution in [0.3, 0.4) is 0 Å². The molecular formula is C11H25N5. The lowest BCUT2D eigenvalue weighted by atomic mass is 10.3. The Kier molecular flexibility index (Phi) is 5.55. The van der Waals surface area contributed by atoms with Crippen molar-refractivity contribution in [3.05, 3.63) is 0 Å². The fourth-order valence-electron chi connectivity index (χ4n) is 1.59. The van der Waals surface area contributed by atoms with Crippen molar-refractivity contribution in [3.8, 4) is 0 Å². The number of aliphatic imine (C=N–C) groups is 1. The summed E-state index contributed by atoms with van der Waals surface area (Å²) in [7, 11) is 2.17. The number of rotatable bonds is 6. The van der Waals surface area contributed by atoms with Crippen molar-refractivity contribution in [3.63, 3.8) is 0 Å². The van der Waals surface area contributed by atoms with Crippen LogP contribution in [-0.2, 0) is 0 Å². The summed E-state index contributed by atoms with van der Waals surface area (Å²) in [4.78, 5) is 6.84. The van der Waals surface area contributed by atoms with Gasteiger partial charge in [-0.25, -0.2) is 5.84 Å². The number of hydrogen-bond donors (Lipinski definition) is 3. The minimum absolute atomic E-state index is 0.472. The van der Waals surface area contributed by atoms with E-state index in [9.17, 15) is 0 Å². The Balaban J connectivity index is 2.30. The van der Waals surface area contributed by atoms with Crippen LogP contribution in [0, 0.1) is 0 Å². The average Bonchev–Trinajstić information content (AvgIpc) is 3.12. The summed E-state index contributed by atoms with van der Waals surface area (Å²) < 4.78 is 0. The van der Waals surface area contributed by atoms with E-state index in [2.05, 4.69) is 41.5 Å². The van der Waals surface area contributed by atoms with Crippen molar-refractivity contribution in [2.45, 2.75) is 45.2 Å². The Morgan fingerprint density at radius 3 is 2.75 bits per heavy atom. The predicted molar refractivity (Wildman–Crippen MR) is 68.2 cm³/mol. The Bertz CT molecular complexity index is 224. The summed E-state index contributed by atoms with van der Waals surface area (Å²) >= 11 is 0. The standard InChI is InChI=1S/C11H25N5/c1-4-7-13-11(15-12)14-8-9(2)16(3)10-5-6-10/h9-10H,4-8,12H2,1-3H3,(H2,13,14,15). The van der Waals surface area contributed by atoms with Gasteiger partial charge in [0.25, 0.3) is 0 Å². The Hall–Kier alpha value is -0.810. The normalized spacial score (nSPS) is 18.7. The van der Waals surface area contributed by atoms with Crippen LogP contribution < -0.4 is 16.6 Å². The Morgan fingerprint density at radius 1 is 1.56 bits per heavy atom. The first-order chi connectivity index (χ1) is 7.69. The number of hydrazine groups is 1. The van der Waals surface area contributed by atoms with Gasteiger partial charge in [0.1, 0.15) is 0 Å². The molecule has 1 saturated carbocycles. The first-order valence-electron chi connectivity index (χ1n) is 6.15. The molecule has 16 heavy (non-hydrogen) atoms. The minimum Gasteiger partial charge on any atom is -0.355 e. The van der Waals surface area contributed by atoms with Gasteiger partial charge in [-0.15, -0.1) is 0 Å². The van der Waals surface area contributed by atoms with Gasteiger partial charge in [0.05, 0.1) is 6.54 Å². The first kappa shape index (κ1) is 13.3. The molecule has 1 atom stereocenters. The van der Waals surface area contributed by atoms with Crippen LogP contribution in [0.5, 0.6) is 0 Å². The largest absolute Gasteiger partial charge is 0.355 e. The highest BCUT2D eigenvalue weighted by Crippen LogP contribution is 2.26. The van der Waals surface area contributed by atoms with E-state index in [-0.39, 0.29) is 0 Å². The van der Waals surface area contributed by atoms with E-state index in [1.807, 2.05) is 0 Å². The van der Waals surface area contributed by atoms with Gasteiger partial charge in [-0.1, -0.05) is 6.92 Å². The summed E-state index contributed by atoms with van der Waals surface area (Å²) in [6.45, 7) is 6.00. The molecule has 1 unspecified atom stereocenters. The summed E-state index contributed by atoms with van der Waals surface area (Å²) in [5.74, 6) is 6.08. The number of hydrogen-bond acceptors (Lipinski definition) is 3. The molecule has 1 aliphatic rings. The van der Waals surface area contributed by atoms with Gasteiger partial charge >= 0.3 is 0 Å². The molecule has 1 aliphatic carbocycles. The van der Waals surface area contributed by atoms with E-state index < -0.39 is 0 Å². The second-order valence-electron chi connectivity index (χ2n) is 4.51. The van der Waals surface area contributed by atoms with Gasteiger partial charge in [0, 0.05) is 18.6 Å². The van der Waals surface area contributed by atoms with Crippen LogP contribution in [0.15, 0.2) is 4.99 Å². The van der Waals surface area contributed by atoms with Crippen LogP contribution in [0.4, 0.5) is 0 Å². The molecule has 0 heterocycles. The third-order valence-corrected chi connectivity index (χ3v) is 3.01. The highest BCUT2D eigenvalue weighted by atomic mass is 15.3. The zero-order valence-electron chi connectivity index (χ0n) is 10.7. The van der Waals surface area contributed by atoms with Crippen LogP contribution in [0.2, 0.25) is 0 Å².